The molecule has 2 amide bonds. The molecule has 1 saturated heterocycles. The van der Waals surface area contributed by atoms with Gasteiger partial charge in [-0.05, 0) is 43.5 Å². The van der Waals surface area contributed by atoms with Crippen LogP contribution in [0.4, 0.5) is 10.8 Å². The fraction of sp³-hybridized carbons (Fsp3) is 0.500. The van der Waals surface area contributed by atoms with Crippen molar-refractivity contribution in [2.24, 2.45) is 5.92 Å². The molecule has 0 unspecified atom stereocenters. The first-order valence-corrected chi connectivity index (χ1v) is 11.3. The Hall–Kier alpha value is -2.61. The highest BCUT2D eigenvalue weighted by Gasteiger charge is 2.29. The number of ether oxygens (including phenoxy) is 1. The van der Waals surface area contributed by atoms with Crippen LogP contribution in [0.2, 0.25) is 0 Å². The summed E-state index contributed by atoms with van der Waals surface area (Å²) >= 11 is 1.70. The number of fused-ring (bicyclic) bond motifs is 1. The molecule has 0 saturated carbocycles. The van der Waals surface area contributed by atoms with Crippen molar-refractivity contribution < 1.29 is 14.3 Å². The lowest BCUT2D eigenvalue weighted by molar-refractivity contribution is -0.131. The zero-order valence-corrected chi connectivity index (χ0v) is 18.3. The van der Waals surface area contributed by atoms with Crippen LogP contribution >= 0.6 is 11.3 Å². The Morgan fingerprint density at radius 3 is 2.60 bits per heavy atom. The molecule has 0 spiro atoms. The number of nitrogens with zero attached hydrogens (tertiary/aromatic N) is 3. The van der Waals surface area contributed by atoms with Gasteiger partial charge >= 0.3 is 0 Å². The zero-order chi connectivity index (χ0) is 21.1. The number of nitrogens with one attached hydrogen (secondary N) is 1. The van der Waals surface area contributed by atoms with E-state index in [0.717, 1.165) is 67.7 Å². The van der Waals surface area contributed by atoms with E-state index in [4.69, 9.17) is 9.72 Å². The van der Waals surface area contributed by atoms with E-state index in [1.165, 1.54) is 4.88 Å². The van der Waals surface area contributed by atoms with E-state index in [2.05, 4.69) is 10.2 Å². The molecule has 0 radical (unpaired) electrons. The average molecular weight is 429 g/mol. The van der Waals surface area contributed by atoms with Crippen molar-refractivity contribution in [2.45, 2.75) is 32.6 Å². The molecule has 2 aliphatic rings. The molecule has 7 nitrogen and oxygen atoms in total. The van der Waals surface area contributed by atoms with Crippen molar-refractivity contribution in [3.8, 4) is 5.75 Å². The fourth-order valence-electron chi connectivity index (χ4n) is 4.01. The van der Waals surface area contributed by atoms with E-state index in [0.29, 0.717) is 6.42 Å². The van der Waals surface area contributed by atoms with Crippen LogP contribution in [-0.2, 0) is 22.4 Å². The number of hydrogen-bond donors (Lipinski definition) is 1. The standard InChI is InChI=1S/C22H28N4O3S/c1-3-20(27)25-10-12-26(13-11-25)22-24-18-9-4-15(14-19(18)30-22)21(28)23-16-5-7-17(29-2)8-6-16/h5-8,15H,3-4,9-14H2,1-2H3,(H,23,28)/t15-/m1/s1. The zero-order valence-electron chi connectivity index (χ0n) is 17.5. The van der Waals surface area contributed by atoms with E-state index in [1.807, 2.05) is 36.1 Å². The van der Waals surface area contributed by atoms with Crippen LogP contribution in [0.15, 0.2) is 24.3 Å². The van der Waals surface area contributed by atoms with Crippen LogP contribution in [0.3, 0.4) is 0 Å². The largest absolute Gasteiger partial charge is 0.497 e. The van der Waals surface area contributed by atoms with E-state index in [9.17, 15) is 9.59 Å². The number of carbonyl (C=O) groups is 2. The first-order chi connectivity index (χ1) is 14.6. The molecule has 8 heteroatoms. The number of hydrogen-bond acceptors (Lipinski definition) is 6. The molecule has 2 aromatic rings. The van der Waals surface area contributed by atoms with E-state index >= 15 is 0 Å². The average Bonchev–Trinajstić information content (AvgIpc) is 3.22. The van der Waals surface area contributed by atoms with Gasteiger partial charge in [-0.1, -0.05) is 6.92 Å². The predicted octanol–water partition coefficient (Wildman–Crippen LogP) is 2.95. The third-order valence-corrected chi connectivity index (χ3v) is 7.04. The van der Waals surface area contributed by atoms with E-state index in [-0.39, 0.29) is 17.7 Å². The Bertz CT molecular complexity index is 904. The molecule has 30 heavy (non-hydrogen) atoms. The van der Waals surface area contributed by atoms with Gasteiger partial charge in [0, 0.05) is 49.1 Å². The topological polar surface area (TPSA) is 74.8 Å². The summed E-state index contributed by atoms with van der Waals surface area (Å²) in [6.45, 7) is 5.05. The summed E-state index contributed by atoms with van der Waals surface area (Å²) in [6, 6.07) is 7.41. The first-order valence-electron chi connectivity index (χ1n) is 10.5. The summed E-state index contributed by atoms with van der Waals surface area (Å²) in [5.74, 6) is 1.02. The molecule has 4 rings (SSSR count). The fourth-order valence-corrected chi connectivity index (χ4v) is 5.25. The molecular weight excluding hydrogens is 400 g/mol. The number of amides is 2. The minimum Gasteiger partial charge on any atom is -0.497 e. The number of aromatic nitrogens is 1. The normalized spacial score (nSPS) is 18.7. The maximum absolute atomic E-state index is 12.8. The Morgan fingerprint density at radius 2 is 1.93 bits per heavy atom. The highest BCUT2D eigenvalue weighted by molar-refractivity contribution is 7.15. The molecule has 1 aromatic heterocycles. The van der Waals surface area contributed by atoms with Crippen molar-refractivity contribution in [3.05, 3.63) is 34.8 Å². The Balaban J connectivity index is 1.36. The molecular formula is C22H28N4O3S. The second kappa shape index (κ2) is 9.04. The van der Waals surface area contributed by atoms with E-state index in [1.54, 1.807) is 18.4 Å². The third kappa shape index (κ3) is 4.43. The maximum atomic E-state index is 12.8. The lowest BCUT2D eigenvalue weighted by Gasteiger charge is -2.34. The van der Waals surface area contributed by atoms with Gasteiger partial charge in [-0.25, -0.2) is 4.98 Å². The van der Waals surface area contributed by atoms with Crippen LogP contribution in [-0.4, -0.2) is 55.0 Å². The molecule has 1 atom stereocenters. The summed E-state index contributed by atoms with van der Waals surface area (Å²) in [4.78, 5) is 34.9. The molecule has 160 valence electrons. The van der Waals surface area contributed by atoms with Crippen molar-refractivity contribution in [1.29, 1.82) is 0 Å². The van der Waals surface area contributed by atoms with Crippen molar-refractivity contribution in [2.75, 3.05) is 43.5 Å². The van der Waals surface area contributed by atoms with Crippen LogP contribution < -0.4 is 15.0 Å². The van der Waals surface area contributed by atoms with Crippen molar-refractivity contribution in [3.63, 3.8) is 0 Å². The predicted molar refractivity (Wildman–Crippen MR) is 118 cm³/mol. The number of rotatable bonds is 5. The summed E-state index contributed by atoms with van der Waals surface area (Å²) < 4.78 is 5.16. The second-order valence-electron chi connectivity index (χ2n) is 7.75. The minimum absolute atomic E-state index is 0.0353. The Labute approximate surface area is 181 Å². The molecule has 1 N–H and O–H groups in total. The number of benzene rings is 1. The van der Waals surface area contributed by atoms with Crippen LogP contribution in [0, 0.1) is 5.92 Å². The van der Waals surface area contributed by atoms with Crippen molar-refractivity contribution >= 4 is 34.0 Å². The third-order valence-electron chi connectivity index (χ3n) is 5.86. The molecule has 1 fully saturated rings. The van der Waals surface area contributed by atoms with Gasteiger partial charge in [0.05, 0.1) is 12.8 Å². The van der Waals surface area contributed by atoms with Crippen LogP contribution in [0.5, 0.6) is 5.75 Å². The smallest absolute Gasteiger partial charge is 0.227 e. The molecule has 0 bridgehead atoms. The SMILES string of the molecule is CCC(=O)N1CCN(c2nc3c(s2)C[C@H](C(=O)Nc2ccc(OC)cc2)CC3)CC1. The molecule has 1 aliphatic heterocycles. The summed E-state index contributed by atoms with van der Waals surface area (Å²) in [5.41, 5.74) is 1.92. The maximum Gasteiger partial charge on any atom is 0.227 e. The van der Waals surface area contributed by atoms with Gasteiger partial charge in [-0.15, -0.1) is 11.3 Å². The van der Waals surface area contributed by atoms with Gasteiger partial charge in [-0.3, -0.25) is 9.59 Å². The first kappa shape index (κ1) is 20.7. The Kier molecular flexibility index (Phi) is 6.22. The minimum atomic E-state index is -0.0353. The van der Waals surface area contributed by atoms with Gasteiger partial charge in [0.15, 0.2) is 5.13 Å². The highest BCUT2D eigenvalue weighted by Crippen LogP contribution is 2.35. The van der Waals surface area contributed by atoms with Gasteiger partial charge in [0.2, 0.25) is 11.8 Å². The second-order valence-corrected chi connectivity index (χ2v) is 8.81. The number of thiazole rings is 1. The van der Waals surface area contributed by atoms with Gasteiger partial charge < -0.3 is 19.9 Å². The Morgan fingerprint density at radius 1 is 1.20 bits per heavy atom. The molecule has 1 aromatic carbocycles. The number of methoxy groups -OCH3 is 1. The van der Waals surface area contributed by atoms with Crippen molar-refractivity contribution in [1.82, 2.24) is 9.88 Å². The quantitative estimate of drug-likeness (QED) is 0.793. The number of aryl methyl sites for hydroxylation is 1. The number of carbonyl (C=O) groups excluding carboxylic acids is 2. The number of piperazine rings is 1. The molecule has 2 heterocycles. The summed E-state index contributed by atoms with van der Waals surface area (Å²) in [5, 5.41) is 4.05. The number of anilines is 2. The van der Waals surface area contributed by atoms with Crippen LogP contribution in [0.1, 0.15) is 30.3 Å². The monoisotopic (exact) mass is 428 g/mol. The lowest BCUT2D eigenvalue weighted by atomic mass is 9.90. The van der Waals surface area contributed by atoms with Gasteiger partial charge in [-0.2, -0.15) is 0 Å². The summed E-state index contributed by atoms with van der Waals surface area (Å²) in [7, 11) is 1.63. The highest BCUT2D eigenvalue weighted by atomic mass is 32.1. The van der Waals surface area contributed by atoms with E-state index < -0.39 is 0 Å². The van der Waals surface area contributed by atoms with Crippen LogP contribution in [0.25, 0.3) is 0 Å². The molecule has 1 aliphatic carbocycles. The van der Waals surface area contributed by atoms with Gasteiger partial charge in [0.25, 0.3) is 0 Å². The van der Waals surface area contributed by atoms with Gasteiger partial charge in [0.1, 0.15) is 5.75 Å². The summed E-state index contributed by atoms with van der Waals surface area (Å²) in [6.07, 6.45) is 2.95. The lowest BCUT2D eigenvalue weighted by Crippen LogP contribution is -2.48.